The minimum Gasteiger partial charge on any atom is -0.309 e. The van der Waals surface area contributed by atoms with Crippen molar-refractivity contribution in [2.75, 3.05) is 0 Å². The Kier molecular flexibility index (Phi) is 9.00. The summed E-state index contributed by atoms with van der Waals surface area (Å²) in [4.78, 5) is 15.6. The van der Waals surface area contributed by atoms with Crippen molar-refractivity contribution in [1.29, 1.82) is 0 Å². The summed E-state index contributed by atoms with van der Waals surface area (Å²) in [6, 6.07) is 84.7. The van der Waals surface area contributed by atoms with Crippen molar-refractivity contribution in [3.63, 3.8) is 0 Å². The highest BCUT2D eigenvalue weighted by atomic mass is 32.1. The third-order valence-corrected chi connectivity index (χ3v) is 14.8. The first kappa shape index (κ1) is 39.2. The fourth-order valence-corrected chi connectivity index (χ4v) is 11.5. The van der Waals surface area contributed by atoms with Crippen LogP contribution in [-0.4, -0.2) is 24.1 Å². The number of hydrogen-bond donors (Lipinski definition) is 0. The van der Waals surface area contributed by atoms with Crippen LogP contribution >= 0.6 is 11.3 Å². The van der Waals surface area contributed by atoms with Crippen LogP contribution in [0.4, 0.5) is 0 Å². The molecule has 0 saturated carbocycles. The lowest BCUT2D eigenvalue weighted by Crippen LogP contribution is -2.01. The summed E-state index contributed by atoms with van der Waals surface area (Å²) in [5, 5.41) is 7.22. The Morgan fingerprint density at radius 3 is 1.41 bits per heavy atom. The monoisotopic (exact) mass is 897 g/mol. The van der Waals surface area contributed by atoms with Gasteiger partial charge in [0.15, 0.2) is 17.5 Å². The summed E-state index contributed by atoms with van der Waals surface area (Å²) in [5.74, 6) is 1.93. The van der Waals surface area contributed by atoms with Crippen molar-refractivity contribution >= 4 is 75.1 Å². The van der Waals surface area contributed by atoms with Crippen molar-refractivity contribution in [1.82, 2.24) is 24.1 Å². The van der Waals surface area contributed by atoms with Gasteiger partial charge >= 0.3 is 0 Å². The molecule has 14 aromatic rings. The maximum atomic E-state index is 5.26. The van der Waals surface area contributed by atoms with E-state index in [9.17, 15) is 0 Å². The van der Waals surface area contributed by atoms with Gasteiger partial charge < -0.3 is 9.13 Å². The molecule has 0 unspecified atom stereocenters. The molecule has 0 aliphatic rings. The third-order valence-electron chi connectivity index (χ3n) is 13.6. The van der Waals surface area contributed by atoms with Crippen LogP contribution in [0.3, 0.4) is 0 Å². The molecular weight excluding hydrogens is 859 g/mol. The van der Waals surface area contributed by atoms with Crippen molar-refractivity contribution in [3.8, 4) is 67.8 Å². The van der Waals surface area contributed by atoms with E-state index in [1.54, 1.807) is 11.3 Å². The molecule has 0 bridgehead atoms. The number of nitrogens with zero attached hydrogens (tertiary/aromatic N) is 5. The van der Waals surface area contributed by atoms with Crippen LogP contribution in [0.15, 0.2) is 237 Å². The predicted octanol–water partition coefficient (Wildman–Crippen LogP) is 16.8. The molecule has 0 N–H and O–H groups in total. The molecular formula is C63H39N5S. The summed E-state index contributed by atoms with van der Waals surface area (Å²) < 4.78 is 7.19. The largest absolute Gasteiger partial charge is 0.309 e. The van der Waals surface area contributed by atoms with E-state index in [1.165, 1.54) is 70.3 Å². The van der Waals surface area contributed by atoms with Gasteiger partial charge in [0, 0.05) is 69.8 Å². The maximum absolute atomic E-state index is 5.26. The fraction of sp³-hybridized carbons (Fsp3) is 0. The molecule has 6 heteroatoms. The summed E-state index contributed by atoms with van der Waals surface area (Å²) in [6.45, 7) is 0. The van der Waals surface area contributed by atoms with Crippen LogP contribution < -0.4 is 0 Å². The minimum absolute atomic E-state index is 0.642. The summed E-state index contributed by atoms with van der Waals surface area (Å²) in [6.07, 6.45) is 0. The van der Waals surface area contributed by atoms with Crippen LogP contribution in [0, 0.1) is 0 Å². The van der Waals surface area contributed by atoms with Crippen molar-refractivity contribution in [2.24, 2.45) is 0 Å². The Morgan fingerprint density at radius 1 is 0.275 bits per heavy atom. The number of hydrogen-bond acceptors (Lipinski definition) is 4. The Morgan fingerprint density at radius 2 is 0.754 bits per heavy atom. The van der Waals surface area contributed by atoms with Gasteiger partial charge in [-0.1, -0.05) is 170 Å². The molecule has 0 aliphatic carbocycles. The number of aromatic nitrogens is 5. The Labute approximate surface area is 401 Å². The van der Waals surface area contributed by atoms with Gasteiger partial charge in [-0.25, -0.2) is 15.0 Å². The van der Waals surface area contributed by atoms with E-state index in [4.69, 9.17) is 15.0 Å². The van der Waals surface area contributed by atoms with Crippen molar-refractivity contribution in [3.05, 3.63) is 237 Å². The standard InChI is InChI=1S/C63H39N5S/c1-5-17-40(18-6-1)45-29-32-49-52-36-44(30-33-56(52)67(58(49)37-45)46-23-11-4-12-24-46)43-31-34-57-51(35-43)48-25-13-15-27-55(48)68(57)47-38-53-50-26-14-16-28-59(50)69-60(53)54(39-47)63-65-61(41-19-7-2-8-20-41)64-62(66-63)42-21-9-3-10-22-42/h1-39H. The molecule has 0 atom stereocenters. The molecule has 0 radical (unpaired) electrons. The first-order valence-electron chi connectivity index (χ1n) is 23.3. The molecule has 69 heavy (non-hydrogen) atoms. The quantitative estimate of drug-likeness (QED) is 0.160. The molecule has 4 heterocycles. The maximum Gasteiger partial charge on any atom is 0.165 e. The van der Waals surface area contributed by atoms with Gasteiger partial charge in [0.05, 0.1) is 22.1 Å². The molecule has 322 valence electrons. The van der Waals surface area contributed by atoms with Crippen molar-refractivity contribution in [2.45, 2.75) is 0 Å². The Bertz CT molecular complexity index is 4230. The van der Waals surface area contributed by atoms with Gasteiger partial charge in [-0.2, -0.15) is 0 Å². The summed E-state index contributed by atoms with van der Waals surface area (Å²) >= 11 is 1.79. The molecule has 14 rings (SSSR count). The van der Waals surface area contributed by atoms with Gasteiger partial charge in [-0.15, -0.1) is 11.3 Å². The summed E-state index contributed by atoms with van der Waals surface area (Å²) in [5.41, 5.74) is 14.4. The molecule has 0 saturated heterocycles. The molecule has 0 amide bonds. The van der Waals surface area contributed by atoms with E-state index >= 15 is 0 Å². The summed E-state index contributed by atoms with van der Waals surface area (Å²) in [7, 11) is 0. The number of fused-ring (bicyclic) bond motifs is 9. The van der Waals surface area contributed by atoms with Crippen LogP contribution in [0.1, 0.15) is 0 Å². The molecule has 10 aromatic carbocycles. The zero-order valence-electron chi connectivity index (χ0n) is 37.2. The van der Waals surface area contributed by atoms with Crippen LogP contribution in [-0.2, 0) is 0 Å². The molecule has 0 spiro atoms. The third kappa shape index (κ3) is 6.49. The van der Waals surface area contributed by atoms with Gasteiger partial charge in [0.1, 0.15) is 0 Å². The highest BCUT2D eigenvalue weighted by molar-refractivity contribution is 7.26. The van der Waals surface area contributed by atoms with E-state index in [1.807, 2.05) is 36.4 Å². The van der Waals surface area contributed by atoms with Gasteiger partial charge in [-0.3, -0.25) is 0 Å². The second-order valence-corrected chi connectivity index (χ2v) is 18.6. The molecule has 4 aromatic heterocycles. The van der Waals surface area contributed by atoms with E-state index < -0.39 is 0 Å². The van der Waals surface area contributed by atoms with Crippen LogP contribution in [0.5, 0.6) is 0 Å². The van der Waals surface area contributed by atoms with Gasteiger partial charge in [0.25, 0.3) is 0 Å². The zero-order valence-corrected chi connectivity index (χ0v) is 38.0. The lowest BCUT2D eigenvalue weighted by atomic mass is 9.99. The van der Waals surface area contributed by atoms with E-state index in [0.717, 1.165) is 43.8 Å². The second-order valence-electron chi connectivity index (χ2n) is 17.6. The lowest BCUT2D eigenvalue weighted by Gasteiger charge is -2.13. The normalized spacial score (nSPS) is 11.8. The fourth-order valence-electron chi connectivity index (χ4n) is 10.3. The lowest BCUT2D eigenvalue weighted by molar-refractivity contribution is 1.07. The number of benzene rings is 10. The van der Waals surface area contributed by atoms with E-state index in [0.29, 0.717) is 17.5 Å². The number of para-hydroxylation sites is 2. The second kappa shape index (κ2) is 15.8. The first-order valence-corrected chi connectivity index (χ1v) is 24.1. The van der Waals surface area contributed by atoms with Gasteiger partial charge in [-0.05, 0) is 89.0 Å². The topological polar surface area (TPSA) is 48.5 Å². The average molecular weight is 898 g/mol. The number of thiophene rings is 1. The zero-order chi connectivity index (χ0) is 45.4. The van der Waals surface area contributed by atoms with Gasteiger partial charge in [0.2, 0.25) is 0 Å². The molecule has 5 nitrogen and oxygen atoms in total. The average Bonchev–Trinajstić information content (AvgIpc) is 4.08. The molecule has 0 fully saturated rings. The highest BCUT2D eigenvalue weighted by Gasteiger charge is 2.22. The highest BCUT2D eigenvalue weighted by Crippen LogP contribution is 2.44. The predicted molar refractivity (Wildman–Crippen MR) is 289 cm³/mol. The van der Waals surface area contributed by atoms with E-state index in [2.05, 4.69) is 209 Å². The number of rotatable bonds is 7. The van der Waals surface area contributed by atoms with Crippen molar-refractivity contribution < 1.29 is 0 Å². The van der Waals surface area contributed by atoms with Crippen LogP contribution in [0.25, 0.3) is 132 Å². The minimum atomic E-state index is 0.642. The molecule has 0 aliphatic heterocycles. The van der Waals surface area contributed by atoms with E-state index in [-0.39, 0.29) is 0 Å². The SMILES string of the molecule is c1ccc(-c2ccc3c4cc(-c5ccc6c(c5)c5ccccc5n6-c5cc(-c6nc(-c7ccccc7)nc(-c7ccccc7)n6)c6sc7ccccc7c6c5)ccc4n(-c4ccccc4)c3c2)cc1. The Hall–Kier alpha value is -8.97. The Balaban J connectivity index is 0.964. The first-order chi connectivity index (χ1) is 34.2. The van der Waals surface area contributed by atoms with Crippen LogP contribution in [0.2, 0.25) is 0 Å². The smallest absolute Gasteiger partial charge is 0.165 e.